The van der Waals surface area contributed by atoms with Crippen molar-refractivity contribution in [3.05, 3.63) is 59.4 Å². The van der Waals surface area contributed by atoms with Gasteiger partial charge in [0.1, 0.15) is 7.05 Å². The molecule has 0 amide bonds. The number of furan rings is 1. The van der Waals surface area contributed by atoms with Crippen LogP contribution in [0.2, 0.25) is 0 Å². The van der Waals surface area contributed by atoms with Crippen LogP contribution in [0.3, 0.4) is 0 Å². The maximum atomic E-state index is 7.72. The Hall–Kier alpha value is -2.68. The molecule has 4 rings (SSSR count). The van der Waals surface area contributed by atoms with Crippen molar-refractivity contribution in [2.75, 3.05) is 0 Å². The highest BCUT2D eigenvalue weighted by Crippen LogP contribution is 2.36. The van der Waals surface area contributed by atoms with Crippen molar-refractivity contribution in [2.24, 2.45) is 7.05 Å². The second-order valence-corrected chi connectivity index (χ2v) is 6.16. The molecule has 0 unspecified atom stereocenters. The van der Waals surface area contributed by atoms with Crippen molar-refractivity contribution in [3.8, 4) is 11.3 Å². The third kappa shape index (κ3) is 2.04. The van der Waals surface area contributed by atoms with Crippen LogP contribution in [0, 0.1) is 20.8 Å². The summed E-state index contributed by atoms with van der Waals surface area (Å²) in [4.78, 5) is 4.22. The van der Waals surface area contributed by atoms with Gasteiger partial charge in [0.2, 0.25) is 11.4 Å². The number of fused-ring (bicyclic) bond motifs is 3. The van der Waals surface area contributed by atoms with Crippen molar-refractivity contribution in [3.63, 3.8) is 0 Å². The molecule has 0 aliphatic carbocycles. The molecule has 1 aromatic carbocycles. The summed E-state index contributed by atoms with van der Waals surface area (Å²) in [7, 11) is 2.06. The number of aromatic nitrogens is 2. The van der Waals surface area contributed by atoms with E-state index in [1.807, 2.05) is 6.07 Å². The molecule has 0 saturated heterocycles. The maximum Gasteiger partial charge on any atom is 0.227 e. The summed E-state index contributed by atoms with van der Waals surface area (Å²) in [5.74, 6) is 0. The first-order valence-corrected chi connectivity index (χ1v) is 7.72. The number of rotatable bonds is 1. The van der Waals surface area contributed by atoms with Gasteiger partial charge in [-0.05, 0) is 44.0 Å². The van der Waals surface area contributed by atoms with Gasteiger partial charge in [0, 0.05) is 28.6 Å². The van der Waals surface area contributed by atoms with Crippen molar-refractivity contribution in [2.45, 2.75) is 20.8 Å². The second kappa shape index (κ2) is 4.92. The molecule has 4 aromatic rings. The van der Waals surface area contributed by atoms with Crippen LogP contribution in [0.5, 0.6) is 0 Å². The molecule has 0 aliphatic rings. The summed E-state index contributed by atoms with van der Waals surface area (Å²) in [6.45, 7) is 6.34. The number of nitrogens with zero attached hydrogens (tertiary/aromatic N) is 2. The lowest BCUT2D eigenvalue weighted by Crippen LogP contribution is -2.31. The topological polar surface area (TPSA) is 29.9 Å². The van der Waals surface area contributed by atoms with Crippen LogP contribution in [0.1, 0.15) is 18.1 Å². The highest BCUT2D eigenvalue weighted by atomic mass is 16.3. The first kappa shape index (κ1) is 12.8. The molecule has 3 heteroatoms. The SMILES string of the molecule is [2H]c1ccc2c(n1)oc1c(-c3cc(C)c(C)c[n+]3C)c(C)ccc12. The van der Waals surface area contributed by atoms with Crippen molar-refractivity contribution >= 4 is 22.1 Å². The van der Waals surface area contributed by atoms with Crippen molar-refractivity contribution in [1.29, 1.82) is 0 Å². The first-order chi connectivity index (χ1) is 11.5. The Kier molecular flexibility index (Phi) is 2.74. The Labute approximate surface area is 136 Å². The van der Waals surface area contributed by atoms with E-state index in [0.717, 1.165) is 33.2 Å². The van der Waals surface area contributed by atoms with E-state index in [0.29, 0.717) is 5.71 Å². The van der Waals surface area contributed by atoms with Crippen LogP contribution in [0.25, 0.3) is 33.3 Å². The largest absolute Gasteiger partial charge is 0.437 e. The molecule has 0 atom stereocenters. The number of benzene rings is 1. The van der Waals surface area contributed by atoms with E-state index >= 15 is 0 Å². The average molecular weight is 304 g/mol. The van der Waals surface area contributed by atoms with E-state index in [1.165, 1.54) is 11.1 Å². The lowest BCUT2D eigenvalue weighted by Gasteiger charge is -2.07. The van der Waals surface area contributed by atoms with Crippen LogP contribution < -0.4 is 4.57 Å². The van der Waals surface area contributed by atoms with Gasteiger partial charge in [0.05, 0.1) is 6.93 Å². The lowest BCUT2D eigenvalue weighted by atomic mass is 9.99. The average Bonchev–Trinajstić information content (AvgIpc) is 2.88. The van der Waals surface area contributed by atoms with Crippen LogP contribution in [0.15, 0.2) is 47.1 Å². The van der Waals surface area contributed by atoms with E-state index in [9.17, 15) is 0 Å². The molecular weight excluding hydrogens is 284 g/mol. The fraction of sp³-hybridized carbons (Fsp3) is 0.200. The van der Waals surface area contributed by atoms with E-state index in [2.05, 4.69) is 61.8 Å². The molecule has 0 spiro atoms. The van der Waals surface area contributed by atoms with Gasteiger partial charge in [-0.1, -0.05) is 12.1 Å². The zero-order valence-corrected chi connectivity index (χ0v) is 13.8. The molecule has 0 N–H and O–H groups in total. The van der Waals surface area contributed by atoms with E-state index in [4.69, 9.17) is 5.79 Å². The molecule has 114 valence electrons. The smallest absolute Gasteiger partial charge is 0.227 e. The Morgan fingerprint density at radius 1 is 1.04 bits per heavy atom. The molecule has 3 heterocycles. The van der Waals surface area contributed by atoms with Gasteiger partial charge in [-0.3, -0.25) is 0 Å². The van der Waals surface area contributed by atoms with Crippen molar-refractivity contribution in [1.82, 2.24) is 4.98 Å². The second-order valence-electron chi connectivity index (χ2n) is 6.16. The van der Waals surface area contributed by atoms with E-state index in [-0.39, 0.29) is 6.17 Å². The minimum Gasteiger partial charge on any atom is -0.437 e. The van der Waals surface area contributed by atoms with Gasteiger partial charge >= 0.3 is 0 Å². The molecule has 3 nitrogen and oxygen atoms in total. The molecule has 23 heavy (non-hydrogen) atoms. The van der Waals surface area contributed by atoms with Crippen LogP contribution in [-0.4, -0.2) is 4.98 Å². The summed E-state index contributed by atoms with van der Waals surface area (Å²) in [6.07, 6.45) is 2.36. The van der Waals surface area contributed by atoms with E-state index in [1.54, 1.807) is 6.07 Å². The van der Waals surface area contributed by atoms with Gasteiger partial charge in [0.15, 0.2) is 11.8 Å². The summed E-state index contributed by atoms with van der Waals surface area (Å²) < 4.78 is 15.9. The summed E-state index contributed by atoms with van der Waals surface area (Å²) in [6, 6.07) is 10.0. The number of pyridine rings is 2. The fourth-order valence-corrected chi connectivity index (χ4v) is 3.18. The predicted octanol–water partition coefficient (Wildman–Crippen LogP) is 4.40. The Morgan fingerprint density at radius 2 is 1.87 bits per heavy atom. The minimum absolute atomic E-state index is 0.219. The highest BCUT2D eigenvalue weighted by Gasteiger charge is 2.21. The molecule has 0 saturated carbocycles. The summed E-state index contributed by atoms with van der Waals surface area (Å²) in [5, 5.41) is 1.99. The lowest BCUT2D eigenvalue weighted by molar-refractivity contribution is -0.660. The third-order valence-electron chi connectivity index (χ3n) is 4.57. The highest BCUT2D eigenvalue weighted by molar-refractivity contribution is 6.08. The van der Waals surface area contributed by atoms with Crippen LogP contribution in [-0.2, 0) is 7.05 Å². The number of hydrogen-bond acceptors (Lipinski definition) is 2. The summed E-state index contributed by atoms with van der Waals surface area (Å²) in [5.41, 5.74) is 7.23. The van der Waals surface area contributed by atoms with Crippen molar-refractivity contribution < 1.29 is 10.4 Å². The Morgan fingerprint density at radius 3 is 2.70 bits per heavy atom. The Balaban J connectivity index is 2.13. The normalized spacial score (nSPS) is 12.1. The van der Waals surface area contributed by atoms with Crippen LogP contribution in [0.4, 0.5) is 0 Å². The maximum absolute atomic E-state index is 7.72. The van der Waals surface area contributed by atoms with Gasteiger partial charge < -0.3 is 4.42 Å². The number of hydrogen-bond donors (Lipinski definition) is 0. The first-order valence-electron chi connectivity index (χ1n) is 8.22. The molecule has 0 aliphatic heterocycles. The zero-order valence-electron chi connectivity index (χ0n) is 14.8. The monoisotopic (exact) mass is 304 g/mol. The van der Waals surface area contributed by atoms with Gasteiger partial charge in [-0.25, -0.2) is 9.55 Å². The third-order valence-corrected chi connectivity index (χ3v) is 4.57. The number of aryl methyl sites for hydroxylation is 4. The summed E-state index contributed by atoms with van der Waals surface area (Å²) >= 11 is 0. The quantitative estimate of drug-likeness (QED) is 0.488. The van der Waals surface area contributed by atoms with Gasteiger partial charge in [0.25, 0.3) is 0 Å². The molecule has 0 radical (unpaired) electrons. The van der Waals surface area contributed by atoms with Gasteiger partial charge in [-0.15, -0.1) is 0 Å². The van der Waals surface area contributed by atoms with Gasteiger partial charge in [-0.2, -0.15) is 0 Å². The fourth-order valence-electron chi connectivity index (χ4n) is 3.18. The van der Waals surface area contributed by atoms with Crippen LogP contribution >= 0.6 is 0 Å². The predicted molar refractivity (Wildman–Crippen MR) is 92.3 cm³/mol. The molecule has 3 aromatic heterocycles. The molecule has 0 bridgehead atoms. The molecular formula is C20H19N2O+. The Bertz CT molecular complexity index is 1110. The molecule has 0 fully saturated rings. The minimum atomic E-state index is 0.219. The standard InChI is InChI=1S/C20H19N2O/c1-12-7-8-15-16-6-5-9-21-20(16)23-19(15)18(12)17-10-13(2)14(3)11-22(17)4/h5-11H,1-4H3/q+1/i9D. The zero-order chi connectivity index (χ0) is 17.0. The van der Waals surface area contributed by atoms with E-state index < -0.39 is 0 Å².